The van der Waals surface area contributed by atoms with Crippen molar-refractivity contribution in [3.63, 3.8) is 0 Å². The highest BCUT2D eigenvalue weighted by Crippen LogP contribution is 2.31. The van der Waals surface area contributed by atoms with Gasteiger partial charge in [-0.2, -0.15) is 13.2 Å². The summed E-state index contributed by atoms with van der Waals surface area (Å²) in [7, 11) is 0. The molecule has 116 valence electrons. The average molecular weight is 324 g/mol. The second-order valence-corrected chi connectivity index (χ2v) is 5.91. The molecule has 0 saturated heterocycles. The molecule has 2 aromatic carbocycles. The van der Waals surface area contributed by atoms with Gasteiger partial charge in [-0.05, 0) is 23.3 Å². The Bertz CT molecular complexity index is 621. The first-order chi connectivity index (χ1) is 10.4. The van der Waals surface area contributed by atoms with Gasteiger partial charge in [-0.1, -0.05) is 61.2 Å². The minimum absolute atomic E-state index is 0.0522. The Kier molecular flexibility index (Phi) is 5.29. The normalized spacial score (nSPS) is 12.9. The number of hydrogen-bond donors (Lipinski definition) is 0. The Labute approximate surface area is 131 Å². The van der Waals surface area contributed by atoms with Gasteiger partial charge in [0.1, 0.15) is 0 Å². The largest absolute Gasteiger partial charge is 0.416 e. The van der Waals surface area contributed by atoms with Gasteiger partial charge in [-0.15, -0.1) is 0 Å². The van der Waals surface area contributed by atoms with Crippen molar-refractivity contribution in [2.45, 2.75) is 24.8 Å². The van der Waals surface area contributed by atoms with E-state index in [2.05, 4.69) is 0 Å². The molecule has 0 amide bonds. The minimum Gasteiger partial charge on any atom is -0.287 e. The number of carbonyl (C=O) groups is 1. The van der Waals surface area contributed by atoms with Crippen LogP contribution in [-0.2, 0) is 16.7 Å². The van der Waals surface area contributed by atoms with Crippen LogP contribution in [0.3, 0.4) is 0 Å². The lowest BCUT2D eigenvalue weighted by molar-refractivity contribution is -0.137. The predicted octanol–water partition coefficient (Wildman–Crippen LogP) is 5.27. The minimum atomic E-state index is -4.35. The molecule has 2 aromatic rings. The Morgan fingerprint density at radius 1 is 1.05 bits per heavy atom. The van der Waals surface area contributed by atoms with Gasteiger partial charge in [-0.3, -0.25) is 4.79 Å². The van der Waals surface area contributed by atoms with Gasteiger partial charge in [0.2, 0.25) is 0 Å². The van der Waals surface area contributed by atoms with Crippen molar-refractivity contribution < 1.29 is 18.0 Å². The Hall–Kier alpha value is -1.75. The molecule has 0 aliphatic carbocycles. The summed E-state index contributed by atoms with van der Waals surface area (Å²) in [5.74, 6) is 0.126. The van der Waals surface area contributed by atoms with Crippen molar-refractivity contribution >= 4 is 16.9 Å². The van der Waals surface area contributed by atoms with Crippen LogP contribution in [0.4, 0.5) is 13.2 Å². The summed E-state index contributed by atoms with van der Waals surface area (Å²) in [6, 6.07) is 14.3. The molecule has 1 atom stereocenters. The monoisotopic (exact) mass is 324 g/mol. The highest BCUT2D eigenvalue weighted by atomic mass is 32.2. The van der Waals surface area contributed by atoms with Gasteiger partial charge < -0.3 is 0 Å². The second-order valence-electron chi connectivity index (χ2n) is 4.93. The first-order valence-electron chi connectivity index (χ1n) is 6.75. The van der Waals surface area contributed by atoms with Crippen LogP contribution in [0.25, 0.3) is 0 Å². The lowest BCUT2D eigenvalue weighted by Crippen LogP contribution is -2.08. The molecule has 1 nitrogen and oxygen atoms in total. The molecule has 0 aromatic heterocycles. The van der Waals surface area contributed by atoms with Crippen LogP contribution < -0.4 is 0 Å². The van der Waals surface area contributed by atoms with E-state index in [4.69, 9.17) is 0 Å². The second kappa shape index (κ2) is 7.01. The maximum Gasteiger partial charge on any atom is 0.416 e. The third-order valence-corrected chi connectivity index (χ3v) is 4.43. The van der Waals surface area contributed by atoms with Crippen molar-refractivity contribution in [1.29, 1.82) is 0 Å². The molecular weight excluding hydrogens is 309 g/mol. The molecule has 5 heteroatoms. The lowest BCUT2D eigenvalue weighted by Gasteiger charge is -2.12. The summed E-state index contributed by atoms with van der Waals surface area (Å²) >= 11 is 1.18. The third-order valence-electron chi connectivity index (χ3n) is 3.32. The number of benzene rings is 2. The van der Waals surface area contributed by atoms with Crippen molar-refractivity contribution in [2.24, 2.45) is 0 Å². The zero-order valence-corrected chi connectivity index (χ0v) is 12.7. The van der Waals surface area contributed by atoms with Crippen LogP contribution >= 0.6 is 11.8 Å². The van der Waals surface area contributed by atoms with Crippen LogP contribution in [0, 0.1) is 0 Å². The number of alkyl halides is 3. The van der Waals surface area contributed by atoms with E-state index in [0.29, 0.717) is 11.3 Å². The first kappa shape index (κ1) is 16.6. The SMILES string of the molecule is C[C@@H](C(=O)SCc1ccccc1)c1ccc(C(F)(F)F)cc1. The Morgan fingerprint density at radius 2 is 1.64 bits per heavy atom. The van der Waals surface area contributed by atoms with E-state index in [-0.39, 0.29) is 5.12 Å². The zero-order chi connectivity index (χ0) is 16.2. The quantitative estimate of drug-likeness (QED) is 0.762. The molecule has 0 aliphatic rings. The molecule has 22 heavy (non-hydrogen) atoms. The van der Waals surface area contributed by atoms with Gasteiger partial charge in [0.15, 0.2) is 5.12 Å². The van der Waals surface area contributed by atoms with Gasteiger partial charge in [-0.25, -0.2) is 0 Å². The molecule has 2 rings (SSSR count). The number of thioether (sulfide) groups is 1. The molecule has 0 saturated carbocycles. The molecule has 0 fully saturated rings. The predicted molar refractivity (Wildman–Crippen MR) is 82.6 cm³/mol. The Balaban J connectivity index is 1.98. The van der Waals surface area contributed by atoms with Crippen LogP contribution in [0.5, 0.6) is 0 Å². The summed E-state index contributed by atoms with van der Waals surface area (Å²) in [5.41, 5.74) is 0.937. The lowest BCUT2D eigenvalue weighted by atomic mass is 10.0. The van der Waals surface area contributed by atoms with Crippen molar-refractivity contribution in [2.75, 3.05) is 0 Å². The molecule has 0 bridgehead atoms. The van der Waals surface area contributed by atoms with E-state index < -0.39 is 17.7 Å². The summed E-state index contributed by atoms with van der Waals surface area (Å²) < 4.78 is 37.5. The summed E-state index contributed by atoms with van der Waals surface area (Å²) in [4.78, 5) is 12.1. The van der Waals surface area contributed by atoms with E-state index in [0.717, 1.165) is 17.7 Å². The smallest absolute Gasteiger partial charge is 0.287 e. The van der Waals surface area contributed by atoms with Gasteiger partial charge in [0, 0.05) is 5.75 Å². The van der Waals surface area contributed by atoms with Crippen molar-refractivity contribution in [1.82, 2.24) is 0 Å². The van der Waals surface area contributed by atoms with Gasteiger partial charge in [0.25, 0.3) is 0 Å². The summed E-state index contributed by atoms with van der Waals surface area (Å²) in [6.07, 6.45) is -4.35. The van der Waals surface area contributed by atoms with Gasteiger partial charge >= 0.3 is 6.18 Å². The van der Waals surface area contributed by atoms with Crippen LogP contribution in [0.15, 0.2) is 54.6 Å². The van der Waals surface area contributed by atoms with Crippen LogP contribution in [0.1, 0.15) is 29.5 Å². The molecule has 0 spiro atoms. The van der Waals surface area contributed by atoms with Crippen molar-refractivity contribution in [3.05, 3.63) is 71.3 Å². The number of hydrogen-bond acceptors (Lipinski definition) is 2. The molecule has 0 heterocycles. The maximum absolute atomic E-state index is 12.5. The van der Waals surface area contributed by atoms with Crippen LogP contribution in [-0.4, -0.2) is 5.12 Å². The molecule has 0 aliphatic heterocycles. The average Bonchev–Trinajstić information content (AvgIpc) is 2.52. The third kappa shape index (κ3) is 4.37. The molecule has 0 N–H and O–H groups in total. The fraction of sp³-hybridized carbons (Fsp3) is 0.235. The highest BCUT2D eigenvalue weighted by molar-refractivity contribution is 8.13. The van der Waals surface area contributed by atoms with E-state index in [1.165, 1.54) is 23.9 Å². The van der Waals surface area contributed by atoms with Gasteiger partial charge in [0.05, 0.1) is 11.5 Å². The Morgan fingerprint density at radius 3 is 2.18 bits per heavy atom. The number of halogens is 3. The van der Waals surface area contributed by atoms with E-state index >= 15 is 0 Å². The summed E-state index contributed by atoms with van der Waals surface area (Å²) in [6.45, 7) is 1.71. The first-order valence-corrected chi connectivity index (χ1v) is 7.74. The fourth-order valence-corrected chi connectivity index (χ4v) is 2.84. The molecular formula is C17H15F3OS. The highest BCUT2D eigenvalue weighted by Gasteiger charge is 2.30. The topological polar surface area (TPSA) is 17.1 Å². The summed E-state index contributed by atoms with van der Waals surface area (Å²) in [5, 5.41) is -0.0522. The molecule has 0 unspecified atom stereocenters. The van der Waals surface area contributed by atoms with E-state index in [1.54, 1.807) is 6.92 Å². The standard InChI is InChI=1S/C17H15F3OS/c1-12(14-7-9-15(10-8-14)17(18,19)20)16(21)22-11-13-5-3-2-4-6-13/h2-10,12H,11H2,1H3/t12-/m1/s1. The zero-order valence-electron chi connectivity index (χ0n) is 11.9. The number of rotatable bonds is 4. The fourth-order valence-electron chi connectivity index (χ4n) is 1.95. The van der Waals surface area contributed by atoms with Crippen LogP contribution in [0.2, 0.25) is 0 Å². The number of carbonyl (C=O) groups excluding carboxylic acids is 1. The van der Waals surface area contributed by atoms with Crippen molar-refractivity contribution in [3.8, 4) is 0 Å². The van der Waals surface area contributed by atoms with E-state index in [1.807, 2.05) is 30.3 Å². The van der Waals surface area contributed by atoms with E-state index in [9.17, 15) is 18.0 Å². The maximum atomic E-state index is 12.5. The molecule has 0 radical (unpaired) electrons.